The summed E-state index contributed by atoms with van der Waals surface area (Å²) < 4.78 is 12.5. The molecule has 0 spiro atoms. The molecule has 0 N–H and O–H groups in total. The zero-order valence-corrected chi connectivity index (χ0v) is 7.75. The third-order valence-corrected chi connectivity index (χ3v) is 2.56. The molecule has 0 saturated heterocycles. The summed E-state index contributed by atoms with van der Waals surface area (Å²) in [7, 11) is 0. The third-order valence-electron chi connectivity index (χ3n) is 1.59. The highest BCUT2D eigenvalue weighted by atomic mass is 32.1. The number of halogens is 1. The van der Waals surface area contributed by atoms with Crippen LogP contribution in [-0.2, 0) is 6.42 Å². The average molecular weight is 172 g/mol. The lowest BCUT2D eigenvalue weighted by molar-refractivity contribution is 0.587. The van der Waals surface area contributed by atoms with Gasteiger partial charge in [0, 0.05) is 10.3 Å². The Labute approximate surface area is 71.1 Å². The van der Waals surface area contributed by atoms with E-state index in [0.29, 0.717) is 5.92 Å². The molecular weight excluding hydrogens is 159 g/mol. The second-order valence-electron chi connectivity index (χ2n) is 3.16. The van der Waals surface area contributed by atoms with Gasteiger partial charge in [-0.3, -0.25) is 0 Å². The van der Waals surface area contributed by atoms with Crippen LogP contribution in [0.15, 0.2) is 11.4 Å². The Morgan fingerprint density at radius 2 is 2.27 bits per heavy atom. The summed E-state index contributed by atoms with van der Waals surface area (Å²) in [5.41, 5.74) is 0. The second kappa shape index (κ2) is 3.86. The first kappa shape index (κ1) is 8.72. The molecule has 0 fully saturated rings. The summed E-state index contributed by atoms with van der Waals surface area (Å²) in [6.07, 6.45) is 2.17. The number of hydrogen-bond donors (Lipinski definition) is 0. The first-order chi connectivity index (χ1) is 5.18. The van der Waals surface area contributed by atoms with Crippen LogP contribution < -0.4 is 0 Å². The SMILES string of the molecule is CC(C)CCc1cc(F)cs1. The first-order valence-corrected chi connectivity index (χ1v) is 4.79. The highest BCUT2D eigenvalue weighted by molar-refractivity contribution is 7.09. The predicted molar refractivity (Wildman–Crippen MR) is 47.4 cm³/mol. The molecule has 62 valence electrons. The molecule has 1 rings (SSSR count). The maximum absolute atomic E-state index is 12.5. The summed E-state index contributed by atoms with van der Waals surface area (Å²) in [5, 5.41) is 1.57. The van der Waals surface area contributed by atoms with Gasteiger partial charge in [0.25, 0.3) is 0 Å². The van der Waals surface area contributed by atoms with Crippen molar-refractivity contribution in [3.8, 4) is 0 Å². The Bertz CT molecular complexity index is 215. The molecule has 1 aromatic rings. The van der Waals surface area contributed by atoms with Crippen LogP contribution in [-0.4, -0.2) is 0 Å². The van der Waals surface area contributed by atoms with E-state index < -0.39 is 0 Å². The Kier molecular flexibility index (Phi) is 3.06. The zero-order valence-electron chi connectivity index (χ0n) is 6.93. The Hall–Kier alpha value is -0.370. The van der Waals surface area contributed by atoms with Crippen molar-refractivity contribution < 1.29 is 4.39 Å². The van der Waals surface area contributed by atoms with E-state index in [1.165, 1.54) is 11.3 Å². The molecular formula is C9H13FS. The van der Waals surface area contributed by atoms with Gasteiger partial charge in [0.15, 0.2) is 0 Å². The van der Waals surface area contributed by atoms with Crippen molar-refractivity contribution in [2.24, 2.45) is 5.92 Å². The molecule has 1 aromatic heterocycles. The Balaban J connectivity index is 2.39. The predicted octanol–water partition coefficient (Wildman–Crippen LogP) is 3.48. The van der Waals surface area contributed by atoms with Gasteiger partial charge in [-0.1, -0.05) is 13.8 Å². The van der Waals surface area contributed by atoms with Crippen LogP contribution in [0, 0.1) is 11.7 Å². The maximum atomic E-state index is 12.5. The number of hydrogen-bond acceptors (Lipinski definition) is 1. The van der Waals surface area contributed by atoms with Crippen molar-refractivity contribution in [1.82, 2.24) is 0 Å². The number of rotatable bonds is 3. The molecule has 0 amide bonds. The van der Waals surface area contributed by atoms with Gasteiger partial charge in [-0.05, 0) is 24.8 Å². The maximum Gasteiger partial charge on any atom is 0.134 e. The van der Waals surface area contributed by atoms with Crippen molar-refractivity contribution in [2.75, 3.05) is 0 Å². The van der Waals surface area contributed by atoms with Crippen molar-refractivity contribution in [1.29, 1.82) is 0 Å². The molecule has 0 radical (unpaired) electrons. The molecule has 1 heterocycles. The Morgan fingerprint density at radius 3 is 2.73 bits per heavy atom. The molecule has 0 aliphatic heterocycles. The number of thiophene rings is 1. The van der Waals surface area contributed by atoms with E-state index in [-0.39, 0.29) is 5.82 Å². The molecule has 0 saturated carbocycles. The molecule has 0 aromatic carbocycles. The highest BCUT2D eigenvalue weighted by Gasteiger charge is 2.00. The summed E-state index contributed by atoms with van der Waals surface area (Å²) in [6.45, 7) is 4.37. The van der Waals surface area contributed by atoms with E-state index in [1.807, 2.05) is 0 Å². The van der Waals surface area contributed by atoms with Gasteiger partial charge in [0.05, 0.1) is 0 Å². The minimum Gasteiger partial charge on any atom is -0.206 e. The molecule has 11 heavy (non-hydrogen) atoms. The number of aryl methyl sites for hydroxylation is 1. The summed E-state index contributed by atoms with van der Waals surface area (Å²) in [4.78, 5) is 1.16. The van der Waals surface area contributed by atoms with Crippen LogP contribution in [0.1, 0.15) is 25.1 Å². The van der Waals surface area contributed by atoms with Crippen molar-refractivity contribution in [3.05, 3.63) is 22.1 Å². The largest absolute Gasteiger partial charge is 0.206 e. The van der Waals surface area contributed by atoms with Crippen LogP contribution in [0.4, 0.5) is 4.39 Å². The van der Waals surface area contributed by atoms with Gasteiger partial charge in [-0.15, -0.1) is 11.3 Å². The molecule has 0 nitrogen and oxygen atoms in total. The topological polar surface area (TPSA) is 0 Å². The van der Waals surface area contributed by atoms with Gasteiger partial charge >= 0.3 is 0 Å². The van der Waals surface area contributed by atoms with Crippen LogP contribution in [0.25, 0.3) is 0 Å². The molecule has 2 heteroatoms. The van der Waals surface area contributed by atoms with Crippen LogP contribution >= 0.6 is 11.3 Å². The average Bonchev–Trinajstić information content (AvgIpc) is 2.31. The molecule has 0 aliphatic rings. The molecule has 0 unspecified atom stereocenters. The van der Waals surface area contributed by atoms with E-state index in [2.05, 4.69) is 13.8 Å². The first-order valence-electron chi connectivity index (χ1n) is 3.91. The van der Waals surface area contributed by atoms with E-state index >= 15 is 0 Å². The second-order valence-corrected chi connectivity index (χ2v) is 4.16. The van der Waals surface area contributed by atoms with Gasteiger partial charge in [-0.25, -0.2) is 4.39 Å². The van der Waals surface area contributed by atoms with Crippen molar-refractivity contribution >= 4 is 11.3 Å². The summed E-state index contributed by atoms with van der Waals surface area (Å²) in [6, 6.07) is 1.63. The fraction of sp³-hybridized carbons (Fsp3) is 0.556. The van der Waals surface area contributed by atoms with E-state index in [4.69, 9.17) is 0 Å². The quantitative estimate of drug-likeness (QED) is 0.655. The van der Waals surface area contributed by atoms with Gasteiger partial charge < -0.3 is 0 Å². The molecule has 0 bridgehead atoms. The van der Waals surface area contributed by atoms with Crippen LogP contribution in [0.5, 0.6) is 0 Å². The molecule has 0 aliphatic carbocycles. The minimum absolute atomic E-state index is 0.0891. The van der Waals surface area contributed by atoms with Crippen LogP contribution in [0.2, 0.25) is 0 Å². The highest BCUT2D eigenvalue weighted by Crippen LogP contribution is 2.16. The zero-order chi connectivity index (χ0) is 8.27. The lowest BCUT2D eigenvalue weighted by atomic mass is 10.1. The smallest absolute Gasteiger partial charge is 0.134 e. The van der Waals surface area contributed by atoms with Crippen molar-refractivity contribution in [2.45, 2.75) is 26.7 Å². The van der Waals surface area contributed by atoms with E-state index in [9.17, 15) is 4.39 Å². The minimum atomic E-state index is -0.0891. The van der Waals surface area contributed by atoms with Crippen molar-refractivity contribution in [3.63, 3.8) is 0 Å². The summed E-state index contributed by atoms with van der Waals surface area (Å²) >= 11 is 1.52. The van der Waals surface area contributed by atoms with Gasteiger partial charge in [0.2, 0.25) is 0 Å². The van der Waals surface area contributed by atoms with E-state index in [0.717, 1.165) is 17.7 Å². The normalized spacial score (nSPS) is 10.9. The summed E-state index contributed by atoms with van der Waals surface area (Å²) in [5.74, 6) is 0.619. The fourth-order valence-electron chi connectivity index (χ4n) is 0.916. The Morgan fingerprint density at radius 1 is 1.55 bits per heavy atom. The monoisotopic (exact) mass is 172 g/mol. The van der Waals surface area contributed by atoms with Crippen LogP contribution in [0.3, 0.4) is 0 Å². The third kappa shape index (κ3) is 3.02. The lowest BCUT2D eigenvalue weighted by Gasteiger charge is -2.00. The van der Waals surface area contributed by atoms with E-state index in [1.54, 1.807) is 11.4 Å². The lowest BCUT2D eigenvalue weighted by Crippen LogP contribution is -1.89. The van der Waals surface area contributed by atoms with Gasteiger partial charge in [0.1, 0.15) is 5.82 Å². The standard InChI is InChI=1S/C9H13FS/c1-7(2)3-4-9-5-8(10)6-11-9/h5-7H,3-4H2,1-2H3. The fourth-order valence-corrected chi connectivity index (χ4v) is 1.66. The van der Waals surface area contributed by atoms with Gasteiger partial charge in [-0.2, -0.15) is 0 Å². The molecule has 0 atom stereocenters.